The lowest BCUT2D eigenvalue weighted by atomic mass is 10.00. The number of hydrogen-bond donors (Lipinski definition) is 2. The zero-order chi connectivity index (χ0) is 28.6. The van der Waals surface area contributed by atoms with Crippen LogP contribution in [0.15, 0.2) is 72.8 Å². The smallest absolute Gasteiger partial charge is 0.426 e. The summed E-state index contributed by atoms with van der Waals surface area (Å²) in [7, 11) is 0. The molecule has 0 aliphatic rings. The van der Waals surface area contributed by atoms with Crippen molar-refractivity contribution in [2.24, 2.45) is 0 Å². The van der Waals surface area contributed by atoms with Crippen LogP contribution in [0.4, 0.5) is 33.3 Å². The van der Waals surface area contributed by atoms with Gasteiger partial charge in [0.05, 0.1) is 12.2 Å². The summed E-state index contributed by atoms with van der Waals surface area (Å²) in [6.45, 7) is 1.97. The molecule has 4 N–H and O–H groups in total. The molecule has 208 valence electrons. The molecule has 0 bridgehead atoms. The Hall–Kier alpha value is -4.08. The van der Waals surface area contributed by atoms with E-state index >= 15 is 0 Å². The van der Waals surface area contributed by atoms with Crippen LogP contribution in [0.3, 0.4) is 0 Å². The summed E-state index contributed by atoms with van der Waals surface area (Å²) < 4.78 is 76.1. The highest BCUT2D eigenvalue weighted by molar-refractivity contribution is 5.87. The van der Waals surface area contributed by atoms with Gasteiger partial charge in [-0.3, -0.25) is 0 Å². The SMILES string of the molecule is CC(COC(=O)/C=C/c1ccc(OC(F)(F)c2ccc(CCCC(F)(F)F)cc2)cc1)c1ccc(N)cc1N. The van der Waals surface area contributed by atoms with E-state index in [1.165, 1.54) is 48.6 Å². The van der Waals surface area contributed by atoms with Gasteiger partial charge in [-0.2, -0.15) is 22.0 Å². The summed E-state index contributed by atoms with van der Waals surface area (Å²) in [5.41, 5.74) is 14.2. The fourth-order valence-corrected chi connectivity index (χ4v) is 3.76. The van der Waals surface area contributed by atoms with E-state index in [0.717, 1.165) is 17.7 Å². The van der Waals surface area contributed by atoms with E-state index in [2.05, 4.69) is 0 Å². The molecule has 0 amide bonds. The molecule has 39 heavy (non-hydrogen) atoms. The highest BCUT2D eigenvalue weighted by Gasteiger charge is 2.34. The predicted molar refractivity (Wildman–Crippen MR) is 140 cm³/mol. The molecule has 0 aliphatic heterocycles. The number of alkyl halides is 5. The first kappa shape index (κ1) is 29.5. The van der Waals surface area contributed by atoms with Crippen molar-refractivity contribution in [1.29, 1.82) is 0 Å². The van der Waals surface area contributed by atoms with Crippen LogP contribution < -0.4 is 16.2 Å². The number of ether oxygens (including phenoxy) is 2. The number of anilines is 2. The molecule has 1 unspecified atom stereocenters. The van der Waals surface area contributed by atoms with Gasteiger partial charge in [0.15, 0.2) is 0 Å². The molecule has 1 atom stereocenters. The molecule has 0 radical (unpaired) electrons. The lowest BCUT2D eigenvalue weighted by molar-refractivity contribution is -0.185. The number of nitrogens with two attached hydrogens (primary N) is 2. The maximum absolute atomic E-state index is 14.6. The maximum atomic E-state index is 14.6. The largest absolute Gasteiger partial charge is 0.462 e. The van der Waals surface area contributed by atoms with Crippen LogP contribution in [0, 0.1) is 0 Å². The van der Waals surface area contributed by atoms with Crippen LogP contribution in [-0.2, 0) is 22.1 Å². The predicted octanol–water partition coefficient (Wildman–Crippen LogP) is 7.22. The van der Waals surface area contributed by atoms with Gasteiger partial charge in [0, 0.05) is 29.8 Å². The Morgan fingerprint density at radius 3 is 2.23 bits per heavy atom. The highest BCUT2D eigenvalue weighted by Crippen LogP contribution is 2.32. The number of carbonyl (C=O) groups excluding carboxylic acids is 1. The van der Waals surface area contributed by atoms with Crippen molar-refractivity contribution >= 4 is 23.4 Å². The van der Waals surface area contributed by atoms with Crippen molar-refractivity contribution < 1.29 is 36.2 Å². The van der Waals surface area contributed by atoms with Gasteiger partial charge in [-0.15, -0.1) is 0 Å². The fourth-order valence-electron chi connectivity index (χ4n) is 3.76. The maximum Gasteiger partial charge on any atom is 0.426 e. The van der Waals surface area contributed by atoms with Gasteiger partial charge in [-0.1, -0.05) is 37.3 Å². The molecular formula is C29H29F5N2O3. The zero-order valence-corrected chi connectivity index (χ0v) is 21.2. The summed E-state index contributed by atoms with van der Waals surface area (Å²) in [6, 6.07) is 15.8. The van der Waals surface area contributed by atoms with E-state index in [4.69, 9.17) is 20.9 Å². The standard InChI is InChI=1S/C29H29F5N2O3/c1-19(25-14-11-23(35)17-26(25)36)18-38-27(37)15-8-21-6-12-24(13-7-21)39-29(33,34)22-9-4-20(5-10-22)3-2-16-28(30,31)32/h4-15,17,19H,2-3,16,18,35-36H2,1H3/b15-8+. The first-order chi connectivity index (χ1) is 18.3. The van der Waals surface area contributed by atoms with E-state index in [0.29, 0.717) is 22.5 Å². The topological polar surface area (TPSA) is 87.6 Å². The van der Waals surface area contributed by atoms with E-state index in [1.54, 1.807) is 18.2 Å². The molecule has 3 aromatic carbocycles. The van der Waals surface area contributed by atoms with E-state index < -0.39 is 30.2 Å². The number of hydrogen-bond acceptors (Lipinski definition) is 5. The van der Waals surface area contributed by atoms with Gasteiger partial charge in [-0.25, -0.2) is 4.79 Å². The first-order valence-electron chi connectivity index (χ1n) is 12.2. The Morgan fingerprint density at radius 2 is 1.62 bits per heavy atom. The van der Waals surface area contributed by atoms with Gasteiger partial charge in [-0.05, 0) is 72.0 Å². The minimum absolute atomic E-state index is 0.105. The summed E-state index contributed by atoms with van der Waals surface area (Å²) in [4.78, 5) is 12.1. The molecule has 3 aromatic rings. The third-order valence-electron chi connectivity index (χ3n) is 5.87. The number of rotatable bonds is 11. The lowest BCUT2D eigenvalue weighted by Crippen LogP contribution is -2.21. The minimum atomic E-state index is -4.25. The highest BCUT2D eigenvalue weighted by atomic mass is 19.4. The van der Waals surface area contributed by atoms with Crippen LogP contribution in [0.2, 0.25) is 0 Å². The molecule has 0 fully saturated rings. The summed E-state index contributed by atoms with van der Waals surface area (Å²) in [5.74, 6) is -0.833. The molecule has 5 nitrogen and oxygen atoms in total. The van der Waals surface area contributed by atoms with E-state index in [-0.39, 0.29) is 31.1 Å². The summed E-state index contributed by atoms with van der Waals surface area (Å²) in [6.07, 6.45) is -6.13. The van der Waals surface area contributed by atoms with Gasteiger partial charge in [0.2, 0.25) is 0 Å². The monoisotopic (exact) mass is 548 g/mol. The second-order valence-corrected chi connectivity index (χ2v) is 9.11. The van der Waals surface area contributed by atoms with Crippen molar-refractivity contribution in [3.63, 3.8) is 0 Å². The molecule has 0 saturated carbocycles. The van der Waals surface area contributed by atoms with Crippen LogP contribution >= 0.6 is 0 Å². The lowest BCUT2D eigenvalue weighted by Gasteiger charge is -2.18. The molecule has 0 spiro atoms. The number of nitrogen functional groups attached to an aromatic ring is 2. The van der Waals surface area contributed by atoms with Crippen LogP contribution in [0.25, 0.3) is 6.08 Å². The number of esters is 1. The van der Waals surface area contributed by atoms with Crippen molar-refractivity contribution in [3.8, 4) is 5.75 Å². The molecule has 3 rings (SSSR count). The number of aryl methyl sites for hydroxylation is 1. The van der Waals surface area contributed by atoms with Gasteiger partial charge in [0.25, 0.3) is 0 Å². The third-order valence-corrected chi connectivity index (χ3v) is 5.87. The van der Waals surface area contributed by atoms with Crippen molar-refractivity contribution in [3.05, 3.63) is 95.1 Å². The number of benzene rings is 3. The van der Waals surface area contributed by atoms with Crippen LogP contribution in [-0.4, -0.2) is 18.8 Å². The van der Waals surface area contributed by atoms with Gasteiger partial charge < -0.3 is 20.9 Å². The Balaban J connectivity index is 1.50. The summed E-state index contributed by atoms with van der Waals surface area (Å²) >= 11 is 0. The van der Waals surface area contributed by atoms with Crippen LogP contribution in [0.5, 0.6) is 5.75 Å². The van der Waals surface area contributed by atoms with Crippen molar-refractivity contribution in [2.45, 2.75) is 44.4 Å². The average molecular weight is 549 g/mol. The molecular weight excluding hydrogens is 519 g/mol. The first-order valence-corrected chi connectivity index (χ1v) is 12.2. The molecule has 0 heterocycles. The Bertz CT molecular complexity index is 1270. The van der Waals surface area contributed by atoms with Crippen molar-refractivity contribution in [1.82, 2.24) is 0 Å². The normalized spacial score (nSPS) is 12.9. The number of carbonyl (C=O) groups is 1. The summed E-state index contributed by atoms with van der Waals surface area (Å²) in [5, 5.41) is 0. The second kappa shape index (κ2) is 12.6. The molecule has 0 aliphatic carbocycles. The molecule has 10 heteroatoms. The van der Waals surface area contributed by atoms with Crippen LogP contribution in [0.1, 0.15) is 47.9 Å². The second-order valence-electron chi connectivity index (χ2n) is 9.11. The van der Waals surface area contributed by atoms with Crippen molar-refractivity contribution in [2.75, 3.05) is 18.1 Å². The van der Waals surface area contributed by atoms with Gasteiger partial charge >= 0.3 is 18.3 Å². The minimum Gasteiger partial charge on any atom is -0.462 e. The molecule has 0 aromatic heterocycles. The zero-order valence-electron chi connectivity index (χ0n) is 21.2. The van der Waals surface area contributed by atoms with Gasteiger partial charge in [0.1, 0.15) is 5.75 Å². The Morgan fingerprint density at radius 1 is 0.949 bits per heavy atom. The third kappa shape index (κ3) is 9.31. The average Bonchev–Trinajstić information content (AvgIpc) is 2.86. The Kier molecular flexibility index (Phi) is 9.56. The fraction of sp³-hybridized carbons (Fsp3) is 0.276. The van der Waals surface area contributed by atoms with E-state index in [9.17, 15) is 26.7 Å². The Labute approximate surface area is 223 Å². The van der Waals surface area contributed by atoms with E-state index in [1.807, 2.05) is 6.92 Å². The number of halogens is 5. The quantitative estimate of drug-likeness (QED) is 0.114. The molecule has 0 saturated heterocycles.